The molecule has 0 bridgehead atoms. The number of aromatic nitrogens is 4. The molecule has 1 aliphatic heterocycles. The molecule has 0 atom stereocenters. The largest absolute Gasteiger partial charge is 0.303 e. The van der Waals surface area contributed by atoms with E-state index in [2.05, 4.69) is 20.3 Å². The van der Waals surface area contributed by atoms with Crippen molar-refractivity contribution in [2.24, 2.45) is 0 Å². The summed E-state index contributed by atoms with van der Waals surface area (Å²) in [7, 11) is 0. The van der Waals surface area contributed by atoms with Gasteiger partial charge in [-0.25, -0.2) is 0 Å². The summed E-state index contributed by atoms with van der Waals surface area (Å²) in [6.07, 6.45) is 4.62. The first-order chi connectivity index (χ1) is 12.5. The standard InChI is InChI=1S/C15H19N7O4/c23-21(24)13-9-12(10-14(11-13)22(25)26)15-16-18-20(17-15)8-4-7-19-5-2-1-3-6-19/h9-11H,1-8H2. The van der Waals surface area contributed by atoms with Crippen molar-refractivity contribution >= 4 is 11.4 Å². The molecule has 0 N–H and O–H groups in total. The normalized spacial score (nSPS) is 15.1. The third kappa shape index (κ3) is 4.36. The van der Waals surface area contributed by atoms with Gasteiger partial charge in [0.2, 0.25) is 5.82 Å². The van der Waals surface area contributed by atoms with Gasteiger partial charge >= 0.3 is 0 Å². The highest BCUT2D eigenvalue weighted by Gasteiger charge is 2.19. The van der Waals surface area contributed by atoms with Crippen molar-refractivity contribution in [2.45, 2.75) is 32.2 Å². The van der Waals surface area contributed by atoms with Crippen LogP contribution in [-0.2, 0) is 6.54 Å². The minimum atomic E-state index is -0.681. The van der Waals surface area contributed by atoms with Gasteiger partial charge in [0.25, 0.3) is 11.4 Å². The van der Waals surface area contributed by atoms with Gasteiger partial charge in [-0.1, -0.05) is 6.42 Å². The van der Waals surface area contributed by atoms with Crippen LogP contribution in [0.2, 0.25) is 0 Å². The first-order valence-corrected chi connectivity index (χ1v) is 8.47. The Morgan fingerprint density at radius 1 is 0.962 bits per heavy atom. The van der Waals surface area contributed by atoms with Crippen LogP contribution in [0, 0.1) is 20.2 Å². The van der Waals surface area contributed by atoms with Crippen LogP contribution in [-0.4, -0.2) is 54.6 Å². The molecule has 1 aromatic heterocycles. The molecule has 1 saturated heterocycles. The van der Waals surface area contributed by atoms with Gasteiger partial charge in [0.1, 0.15) is 0 Å². The van der Waals surface area contributed by atoms with E-state index in [9.17, 15) is 20.2 Å². The molecule has 2 heterocycles. The zero-order chi connectivity index (χ0) is 18.5. The van der Waals surface area contributed by atoms with Crippen molar-refractivity contribution in [1.82, 2.24) is 25.1 Å². The molecule has 1 aliphatic rings. The van der Waals surface area contributed by atoms with Gasteiger partial charge in [0, 0.05) is 17.7 Å². The number of rotatable bonds is 7. The first-order valence-electron chi connectivity index (χ1n) is 8.47. The molecular formula is C15H19N7O4. The van der Waals surface area contributed by atoms with E-state index in [-0.39, 0.29) is 22.8 Å². The Hall–Kier alpha value is -2.95. The molecule has 0 radical (unpaired) electrons. The zero-order valence-electron chi connectivity index (χ0n) is 14.2. The lowest BCUT2D eigenvalue weighted by Gasteiger charge is -2.26. The average Bonchev–Trinajstić information content (AvgIpc) is 3.11. The Labute approximate surface area is 148 Å². The number of likely N-dealkylation sites (tertiary alicyclic amines) is 1. The number of nitro benzene ring substituents is 2. The molecule has 138 valence electrons. The summed E-state index contributed by atoms with van der Waals surface area (Å²) < 4.78 is 0. The Bertz CT molecular complexity index is 769. The minimum absolute atomic E-state index is 0.134. The lowest BCUT2D eigenvalue weighted by Crippen LogP contribution is -2.31. The molecule has 11 heteroatoms. The predicted molar refractivity (Wildman–Crippen MR) is 91.5 cm³/mol. The SMILES string of the molecule is O=[N+]([O-])c1cc(-c2nnn(CCCN3CCCCC3)n2)cc([N+](=O)[O-])c1. The molecule has 0 amide bonds. The van der Waals surface area contributed by atoms with Crippen molar-refractivity contribution in [3.63, 3.8) is 0 Å². The van der Waals surface area contributed by atoms with Gasteiger partial charge in [0.05, 0.1) is 22.5 Å². The van der Waals surface area contributed by atoms with E-state index >= 15 is 0 Å². The van der Waals surface area contributed by atoms with E-state index < -0.39 is 9.85 Å². The molecule has 0 spiro atoms. The smallest absolute Gasteiger partial charge is 0.277 e. The number of non-ortho nitro benzene ring substituents is 2. The second kappa shape index (κ2) is 7.95. The van der Waals surface area contributed by atoms with Crippen LogP contribution in [0.3, 0.4) is 0 Å². The van der Waals surface area contributed by atoms with Crippen molar-refractivity contribution < 1.29 is 9.85 Å². The molecule has 11 nitrogen and oxygen atoms in total. The Morgan fingerprint density at radius 2 is 1.62 bits per heavy atom. The van der Waals surface area contributed by atoms with Crippen molar-refractivity contribution in [1.29, 1.82) is 0 Å². The molecule has 0 unspecified atom stereocenters. The van der Waals surface area contributed by atoms with Crippen LogP contribution in [0.15, 0.2) is 18.2 Å². The number of hydrogen-bond donors (Lipinski definition) is 0. The Kier molecular flexibility index (Phi) is 5.46. The van der Waals surface area contributed by atoms with Gasteiger partial charge in [-0.05, 0) is 44.1 Å². The number of aryl methyl sites for hydroxylation is 1. The fourth-order valence-corrected chi connectivity index (χ4v) is 3.01. The molecule has 2 aromatic rings. The Morgan fingerprint density at radius 3 is 2.23 bits per heavy atom. The lowest BCUT2D eigenvalue weighted by atomic mass is 10.1. The summed E-state index contributed by atoms with van der Waals surface area (Å²) >= 11 is 0. The van der Waals surface area contributed by atoms with Crippen LogP contribution in [0.4, 0.5) is 11.4 Å². The number of nitro groups is 2. The van der Waals surface area contributed by atoms with Crippen LogP contribution >= 0.6 is 0 Å². The maximum Gasteiger partial charge on any atom is 0.277 e. The lowest BCUT2D eigenvalue weighted by molar-refractivity contribution is -0.394. The minimum Gasteiger partial charge on any atom is -0.303 e. The number of benzene rings is 1. The number of tetrazole rings is 1. The molecule has 0 aliphatic carbocycles. The quantitative estimate of drug-likeness (QED) is 0.540. The fourth-order valence-electron chi connectivity index (χ4n) is 3.01. The van der Waals surface area contributed by atoms with Crippen LogP contribution in [0.1, 0.15) is 25.7 Å². The summed E-state index contributed by atoms with van der Waals surface area (Å²) in [6, 6.07) is 3.33. The molecule has 1 aromatic carbocycles. The van der Waals surface area contributed by atoms with Crippen molar-refractivity contribution in [3.05, 3.63) is 38.4 Å². The van der Waals surface area contributed by atoms with Crippen LogP contribution in [0.25, 0.3) is 11.4 Å². The second-order valence-corrected chi connectivity index (χ2v) is 6.22. The highest BCUT2D eigenvalue weighted by atomic mass is 16.6. The molecular weight excluding hydrogens is 342 g/mol. The summed E-state index contributed by atoms with van der Waals surface area (Å²) in [4.78, 5) is 24.4. The van der Waals surface area contributed by atoms with Crippen LogP contribution in [0.5, 0.6) is 0 Å². The molecule has 1 fully saturated rings. The van der Waals surface area contributed by atoms with E-state index in [1.54, 1.807) is 0 Å². The predicted octanol–water partition coefficient (Wildman–Crippen LogP) is 2.03. The highest BCUT2D eigenvalue weighted by Crippen LogP contribution is 2.27. The van der Waals surface area contributed by atoms with Gasteiger partial charge in [-0.2, -0.15) is 4.80 Å². The van der Waals surface area contributed by atoms with Gasteiger partial charge < -0.3 is 4.90 Å². The fraction of sp³-hybridized carbons (Fsp3) is 0.533. The summed E-state index contributed by atoms with van der Waals surface area (Å²) in [5.74, 6) is 0.134. The first kappa shape index (κ1) is 17.9. The third-order valence-corrected chi connectivity index (χ3v) is 4.32. The van der Waals surface area contributed by atoms with Crippen molar-refractivity contribution in [3.8, 4) is 11.4 Å². The molecule has 26 heavy (non-hydrogen) atoms. The highest BCUT2D eigenvalue weighted by molar-refractivity contribution is 5.63. The number of hydrogen-bond acceptors (Lipinski definition) is 8. The van der Waals surface area contributed by atoms with E-state index in [1.165, 1.54) is 36.2 Å². The number of piperidine rings is 1. The number of nitrogens with zero attached hydrogens (tertiary/aromatic N) is 7. The third-order valence-electron chi connectivity index (χ3n) is 4.32. The summed E-state index contributed by atoms with van der Waals surface area (Å²) in [5, 5.41) is 34.0. The molecule has 0 saturated carbocycles. The van der Waals surface area contributed by atoms with Crippen LogP contribution < -0.4 is 0 Å². The Balaban J connectivity index is 1.68. The van der Waals surface area contributed by atoms with E-state index in [4.69, 9.17) is 0 Å². The van der Waals surface area contributed by atoms with E-state index in [0.717, 1.165) is 32.1 Å². The summed E-state index contributed by atoms with van der Waals surface area (Å²) in [6.45, 7) is 3.76. The second-order valence-electron chi connectivity index (χ2n) is 6.22. The zero-order valence-corrected chi connectivity index (χ0v) is 14.2. The average molecular weight is 361 g/mol. The van der Waals surface area contributed by atoms with E-state index in [0.29, 0.717) is 6.54 Å². The maximum absolute atomic E-state index is 11.0. The topological polar surface area (TPSA) is 133 Å². The van der Waals surface area contributed by atoms with Gasteiger partial charge in [0.15, 0.2) is 0 Å². The van der Waals surface area contributed by atoms with Gasteiger partial charge in [-0.3, -0.25) is 20.2 Å². The van der Waals surface area contributed by atoms with Crippen molar-refractivity contribution in [2.75, 3.05) is 19.6 Å². The maximum atomic E-state index is 11.0. The van der Waals surface area contributed by atoms with Gasteiger partial charge in [-0.15, -0.1) is 10.2 Å². The molecule has 3 rings (SSSR count). The summed E-state index contributed by atoms with van der Waals surface area (Å²) in [5.41, 5.74) is -0.556. The monoisotopic (exact) mass is 361 g/mol. The van der Waals surface area contributed by atoms with E-state index in [1.807, 2.05) is 0 Å².